The number of rotatable bonds is 4. The Morgan fingerprint density at radius 3 is 2.65 bits per heavy atom. The Hall–Kier alpha value is -1.15. The normalized spacial score (nSPS) is 12.0. The van der Waals surface area contributed by atoms with Crippen molar-refractivity contribution < 1.29 is 4.74 Å². The second-order valence-corrected chi connectivity index (χ2v) is 4.86. The summed E-state index contributed by atoms with van der Waals surface area (Å²) >= 11 is 5.62. The van der Waals surface area contributed by atoms with E-state index in [2.05, 4.69) is 13.8 Å². The van der Waals surface area contributed by atoms with Crippen molar-refractivity contribution in [2.24, 2.45) is 0 Å². The lowest BCUT2D eigenvalue weighted by Gasteiger charge is -2.16. The second-order valence-electron chi connectivity index (χ2n) is 4.65. The molecule has 0 unspecified atom stereocenters. The zero-order valence-electron chi connectivity index (χ0n) is 10.9. The van der Waals surface area contributed by atoms with Crippen molar-refractivity contribution in [3.63, 3.8) is 0 Å². The molecule has 0 atom stereocenters. The number of anilines is 1. The maximum Gasteiger partial charge on any atom is 0.123 e. The highest BCUT2D eigenvalue weighted by Crippen LogP contribution is 2.31. The molecule has 17 heavy (non-hydrogen) atoms. The highest BCUT2D eigenvalue weighted by molar-refractivity contribution is 6.25. The molecule has 0 bridgehead atoms. The first kappa shape index (κ1) is 13.9. The first-order valence-corrected chi connectivity index (χ1v) is 6.18. The summed E-state index contributed by atoms with van der Waals surface area (Å²) in [5, 5.41) is 0. The van der Waals surface area contributed by atoms with Crippen molar-refractivity contribution in [2.75, 3.05) is 12.3 Å². The molecule has 1 aromatic carbocycles. The standard InChI is InChI=1S/C14H20ClNO/c1-9(2)12-6-13(16)11(4)5-14(12)17-8-10(3)7-15/h5-7,9H,8,16H2,1-4H3/b10-7+. The van der Waals surface area contributed by atoms with Gasteiger partial charge < -0.3 is 10.5 Å². The molecule has 0 aliphatic heterocycles. The van der Waals surface area contributed by atoms with Crippen LogP contribution in [0.5, 0.6) is 5.75 Å². The molecule has 0 aliphatic carbocycles. The Balaban J connectivity index is 3.00. The van der Waals surface area contributed by atoms with E-state index in [0.717, 1.165) is 28.1 Å². The third kappa shape index (κ3) is 3.67. The molecule has 0 fully saturated rings. The van der Waals surface area contributed by atoms with Crippen molar-refractivity contribution >= 4 is 17.3 Å². The minimum absolute atomic E-state index is 0.383. The summed E-state index contributed by atoms with van der Waals surface area (Å²) in [6.07, 6.45) is 0. The Bertz CT molecular complexity index is 424. The third-order valence-electron chi connectivity index (χ3n) is 2.66. The molecule has 0 aromatic heterocycles. The number of hydrogen-bond acceptors (Lipinski definition) is 2. The van der Waals surface area contributed by atoms with Gasteiger partial charge in [0.05, 0.1) is 0 Å². The van der Waals surface area contributed by atoms with Crippen LogP contribution in [0, 0.1) is 6.92 Å². The van der Waals surface area contributed by atoms with E-state index >= 15 is 0 Å². The predicted octanol–water partition coefficient (Wildman–Crippen LogP) is 4.22. The molecule has 0 aliphatic rings. The van der Waals surface area contributed by atoms with E-state index in [-0.39, 0.29) is 0 Å². The van der Waals surface area contributed by atoms with Gasteiger partial charge in [0.2, 0.25) is 0 Å². The molecule has 0 saturated heterocycles. The van der Waals surface area contributed by atoms with E-state index in [1.807, 2.05) is 26.0 Å². The van der Waals surface area contributed by atoms with Gasteiger partial charge in [0, 0.05) is 11.2 Å². The Kier molecular flexibility index (Phi) is 4.88. The largest absolute Gasteiger partial charge is 0.489 e. The number of nitrogen functional groups attached to an aromatic ring is 1. The minimum atomic E-state index is 0.383. The van der Waals surface area contributed by atoms with Crippen LogP contribution in [0.1, 0.15) is 37.8 Å². The predicted molar refractivity (Wildman–Crippen MR) is 74.8 cm³/mol. The van der Waals surface area contributed by atoms with Crippen LogP contribution in [0.15, 0.2) is 23.2 Å². The quantitative estimate of drug-likeness (QED) is 0.816. The fourth-order valence-electron chi connectivity index (χ4n) is 1.52. The minimum Gasteiger partial charge on any atom is -0.489 e. The average molecular weight is 254 g/mol. The zero-order chi connectivity index (χ0) is 13.0. The smallest absolute Gasteiger partial charge is 0.123 e. The van der Waals surface area contributed by atoms with Crippen molar-refractivity contribution in [1.29, 1.82) is 0 Å². The fraction of sp³-hybridized carbons (Fsp3) is 0.429. The van der Waals surface area contributed by atoms with Crippen LogP contribution < -0.4 is 10.5 Å². The van der Waals surface area contributed by atoms with Gasteiger partial charge in [-0.05, 0) is 48.6 Å². The molecule has 0 amide bonds. The van der Waals surface area contributed by atoms with E-state index in [9.17, 15) is 0 Å². The molecule has 94 valence electrons. The monoisotopic (exact) mass is 253 g/mol. The second kappa shape index (κ2) is 5.97. The zero-order valence-corrected chi connectivity index (χ0v) is 11.6. The van der Waals surface area contributed by atoms with Gasteiger partial charge >= 0.3 is 0 Å². The molecule has 0 heterocycles. The van der Waals surface area contributed by atoms with Crippen molar-refractivity contribution in [2.45, 2.75) is 33.6 Å². The number of ether oxygens (including phenoxy) is 1. The summed E-state index contributed by atoms with van der Waals surface area (Å²) < 4.78 is 5.78. The highest BCUT2D eigenvalue weighted by Gasteiger charge is 2.10. The van der Waals surface area contributed by atoms with Crippen molar-refractivity contribution in [1.82, 2.24) is 0 Å². The number of benzene rings is 1. The van der Waals surface area contributed by atoms with Gasteiger partial charge in [-0.15, -0.1) is 0 Å². The van der Waals surface area contributed by atoms with E-state index < -0.39 is 0 Å². The number of hydrogen-bond donors (Lipinski definition) is 1. The van der Waals surface area contributed by atoms with Gasteiger partial charge in [-0.3, -0.25) is 0 Å². The lowest BCUT2D eigenvalue weighted by Crippen LogP contribution is -2.04. The maximum atomic E-state index is 5.92. The van der Waals surface area contributed by atoms with Crippen LogP contribution in [-0.2, 0) is 0 Å². The topological polar surface area (TPSA) is 35.2 Å². The molecule has 1 rings (SSSR count). The first-order chi connectivity index (χ1) is 7.95. The molecule has 2 nitrogen and oxygen atoms in total. The fourth-order valence-corrected chi connectivity index (χ4v) is 1.58. The summed E-state index contributed by atoms with van der Waals surface area (Å²) in [5.41, 5.74) is 11.4. The molecule has 1 aromatic rings. The van der Waals surface area contributed by atoms with Gasteiger partial charge in [-0.25, -0.2) is 0 Å². The summed E-state index contributed by atoms with van der Waals surface area (Å²) in [6.45, 7) is 8.68. The van der Waals surface area contributed by atoms with Crippen LogP contribution in [-0.4, -0.2) is 6.61 Å². The lowest BCUT2D eigenvalue weighted by atomic mass is 9.99. The van der Waals surface area contributed by atoms with Gasteiger partial charge in [0.15, 0.2) is 0 Å². The molecule has 0 spiro atoms. The Morgan fingerprint density at radius 1 is 1.47 bits per heavy atom. The maximum absolute atomic E-state index is 5.92. The van der Waals surface area contributed by atoms with Gasteiger partial charge in [0.1, 0.15) is 12.4 Å². The van der Waals surface area contributed by atoms with Crippen molar-refractivity contribution in [3.05, 3.63) is 34.4 Å². The summed E-state index contributed by atoms with van der Waals surface area (Å²) in [5.74, 6) is 1.28. The third-order valence-corrected chi connectivity index (χ3v) is 3.03. The van der Waals surface area contributed by atoms with E-state index in [0.29, 0.717) is 12.5 Å². The first-order valence-electron chi connectivity index (χ1n) is 5.74. The van der Waals surface area contributed by atoms with Crippen LogP contribution >= 0.6 is 11.6 Å². The SMILES string of the molecule is C/C(=C\Cl)COc1cc(C)c(N)cc1C(C)C. The number of halogens is 1. The Labute approximate surface area is 108 Å². The lowest BCUT2D eigenvalue weighted by molar-refractivity contribution is 0.347. The van der Waals surface area contributed by atoms with Crippen LogP contribution in [0.2, 0.25) is 0 Å². The summed E-state index contributed by atoms with van der Waals surface area (Å²) in [7, 11) is 0. The average Bonchev–Trinajstić information content (AvgIpc) is 2.29. The van der Waals surface area contributed by atoms with Gasteiger partial charge in [-0.2, -0.15) is 0 Å². The van der Waals surface area contributed by atoms with E-state index in [1.165, 1.54) is 0 Å². The van der Waals surface area contributed by atoms with Crippen LogP contribution in [0.4, 0.5) is 5.69 Å². The van der Waals surface area contributed by atoms with Gasteiger partial charge in [-0.1, -0.05) is 25.4 Å². The highest BCUT2D eigenvalue weighted by atomic mass is 35.5. The summed E-state index contributed by atoms with van der Waals surface area (Å²) in [4.78, 5) is 0. The molecular formula is C14H20ClNO. The van der Waals surface area contributed by atoms with Gasteiger partial charge in [0.25, 0.3) is 0 Å². The van der Waals surface area contributed by atoms with Crippen LogP contribution in [0.3, 0.4) is 0 Å². The van der Waals surface area contributed by atoms with Crippen molar-refractivity contribution in [3.8, 4) is 5.75 Å². The molecular weight excluding hydrogens is 234 g/mol. The van der Waals surface area contributed by atoms with E-state index in [4.69, 9.17) is 22.1 Å². The molecule has 0 saturated carbocycles. The molecule has 0 radical (unpaired) electrons. The number of aryl methyl sites for hydroxylation is 1. The van der Waals surface area contributed by atoms with Crippen LogP contribution in [0.25, 0.3) is 0 Å². The summed E-state index contributed by atoms with van der Waals surface area (Å²) in [6, 6.07) is 3.99. The molecule has 3 heteroatoms. The molecule has 2 N–H and O–H groups in total. The Morgan fingerprint density at radius 2 is 2.12 bits per heavy atom. The number of nitrogens with two attached hydrogens (primary N) is 1. The van der Waals surface area contributed by atoms with E-state index in [1.54, 1.807) is 5.54 Å².